The summed E-state index contributed by atoms with van der Waals surface area (Å²) in [4.78, 5) is 44.7. The molecule has 0 heterocycles. The number of hydrogen-bond donors (Lipinski definition) is 0. The second-order valence-corrected chi connectivity index (χ2v) is 2.87. The molecule has 0 unspecified atom stereocenters. The first-order chi connectivity index (χ1) is 6.61. The Kier molecular flexibility index (Phi) is 1.64. The van der Waals surface area contributed by atoms with Crippen LogP contribution in [-0.4, -0.2) is 23.1 Å². The summed E-state index contributed by atoms with van der Waals surface area (Å²) < 4.78 is 0. The van der Waals surface area contributed by atoms with Crippen molar-refractivity contribution in [2.24, 2.45) is 0 Å². The minimum atomic E-state index is -0.574. The van der Waals surface area contributed by atoms with Crippen molar-refractivity contribution in [2.45, 2.75) is 0 Å². The van der Waals surface area contributed by atoms with E-state index in [9.17, 15) is 19.2 Å². The van der Waals surface area contributed by atoms with Gasteiger partial charge in [0.05, 0.1) is 11.1 Å². The Morgan fingerprint density at radius 2 is 0.714 bits per heavy atom. The van der Waals surface area contributed by atoms with Gasteiger partial charge in [0.25, 0.3) is 0 Å². The van der Waals surface area contributed by atoms with Crippen LogP contribution in [0.25, 0.3) is 0 Å². The van der Waals surface area contributed by atoms with Crippen LogP contribution >= 0.6 is 0 Å². The molecular weight excluding hydrogens is 184 g/mol. The quantitative estimate of drug-likeness (QED) is 0.386. The van der Waals surface area contributed by atoms with Crippen molar-refractivity contribution in [3.8, 4) is 0 Å². The Morgan fingerprint density at radius 1 is 0.500 bits per heavy atom. The number of carbonyl (C=O) groups is 4. The van der Waals surface area contributed by atoms with Gasteiger partial charge in [-0.3, -0.25) is 19.2 Å². The van der Waals surface area contributed by atoms with E-state index < -0.39 is 23.1 Å². The van der Waals surface area contributed by atoms with E-state index in [0.717, 1.165) is 24.3 Å². The van der Waals surface area contributed by atoms with E-state index in [1.807, 2.05) is 0 Å². The lowest BCUT2D eigenvalue weighted by atomic mass is 10.0. The normalized spacial score (nSPS) is 20.6. The standard InChI is InChI=1S/C10H4O4/c11-5-1-2-6(12)9(5)10-7(13)3-4-8(10)14/h1-4H. The van der Waals surface area contributed by atoms with Crippen LogP contribution in [0.15, 0.2) is 35.5 Å². The maximum absolute atomic E-state index is 11.2. The predicted molar refractivity (Wildman–Crippen MR) is 45.3 cm³/mol. The molecule has 0 N–H and O–H groups in total. The van der Waals surface area contributed by atoms with Gasteiger partial charge in [-0.15, -0.1) is 0 Å². The topological polar surface area (TPSA) is 68.3 Å². The molecule has 0 amide bonds. The SMILES string of the molecule is O=C1C=CC(=O)C1=C1C(=O)C=CC1=O. The van der Waals surface area contributed by atoms with Gasteiger partial charge in [-0.05, 0) is 24.3 Å². The highest BCUT2D eigenvalue weighted by Gasteiger charge is 2.32. The largest absolute Gasteiger partial charge is 0.289 e. The molecule has 0 atom stereocenters. The maximum Gasteiger partial charge on any atom is 0.190 e. The number of ketones is 4. The van der Waals surface area contributed by atoms with E-state index in [1.54, 1.807) is 0 Å². The highest BCUT2D eigenvalue weighted by Crippen LogP contribution is 2.20. The fourth-order valence-corrected chi connectivity index (χ4v) is 1.37. The van der Waals surface area contributed by atoms with Crippen molar-refractivity contribution in [3.05, 3.63) is 35.5 Å². The lowest BCUT2D eigenvalue weighted by Crippen LogP contribution is -2.13. The first-order valence-electron chi connectivity index (χ1n) is 3.89. The summed E-state index contributed by atoms with van der Waals surface area (Å²) in [5.74, 6) is -2.29. The molecule has 0 saturated carbocycles. The predicted octanol–water partition coefficient (Wildman–Crippen LogP) is -0.301. The summed E-state index contributed by atoms with van der Waals surface area (Å²) in [7, 11) is 0. The summed E-state index contributed by atoms with van der Waals surface area (Å²) in [6.45, 7) is 0. The second kappa shape index (κ2) is 2.70. The van der Waals surface area contributed by atoms with Gasteiger partial charge in [-0.25, -0.2) is 0 Å². The van der Waals surface area contributed by atoms with Gasteiger partial charge < -0.3 is 0 Å². The molecule has 2 aliphatic rings. The van der Waals surface area contributed by atoms with Crippen LogP contribution in [0.5, 0.6) is 0 Å². The zero-order chi connectivity index (χ0) is 10.3. The zero-order valence-corrected chi connectivity index (χ0v) is 6.94. The minimum Gasteiger partial charge on any atom is -0.289 e. The van der Waals surface area contributed by atoms with E-state index >= 15 is 0 Å². The van der Waals surface area contributed by atoms with Crippen molar-refractivity contribution in [1.82, 2.24) is 0 Å². The third-order valence-electron chi connectivity index (χ3n) is 2.01. The van der Waals surface area contributed by atoms with Crippen LogP contribution in [0.3, 0.4) is 0 Å². The minimum absolute atomic E-state index is 0.301. The Labute approximate surface area is 78.6 Å². The van der Waals surface area contributed by atoms with E-state index in [1.165, 1.54) is 0 Å². The summed E-state index contributed by atoms with van der Waals surface area (Å²) in [6, 6.07) is 0. The monoisotopic (exact) mass is 188 g/mol. The molecule has 0 fully saturated rings. The molecule has 14 heavy (non-hydrogen) atoms. The lowest BCUT2D eigenvalue weighted by Gasteiger charge is -1.97. The third-order valence-corrected chi connectivity index (χ3v) is 2.01. The average Bonchev–Trinajstić information content (AvgIpc) is 2.60. The van der Waals surface area contributed by atoms with Gasteiger partial charge in [0.1, 0.15) is 0 Å². The van der Waals surface area contributed by atoms with Crippen molar-refractivity contribution < 1.29 is 19.2 Å². The van der Waals surface area contributed by atoms with Gasteiger partial charge in [0.15, 0.2) is 23.1 Å². The van der Waals surface area contributed by atoms with Crippen LogP contribution in [0.2, 0.25) is 0 Å². The molecule has 0 saturated heterocycles. The van der Waals surface area contributed by atoms with Gasteiger partial charge >= 0.3 is 0 Å². The first kappa shape index (κ1) is 8.50. The number of carbonyl (C=O) groups excluding carboxylic acids is 4. The Morgan fingerprint density at radius 3 is 0.929 bits per heavy atom. The van der Waals surface area contributed by atoms with Crippen LogP contribution in [-0.2, 0) is 19.2 Å². The van der Waals surface area contributed by atoms with E-state index in [2.05, 4.69) is 0 Å². The Balaban J connectivity index is 2.62. The highest BCUT2D eigenvalue weighted by atomic mass is 16.2. The van der Waals surface area contributed by atoms with Crippen molar-refractivity contribution in [1.29, 1.82) is 0 Å². The molecule has 0 aromatic carbocycles. The number of rotatable bonds is 0. The lowest BCUT2D eigenvalue weighted by molar-refractivity contribution is -0.119. The molecular formula is C10H4O4. The molecule has 2 rings (SSSR count). The molecule has 4 nitrogen and oxygen atoms in total. The van der Waals surface area contributed by atoms with E-state index in [0.29, 0.717) is 0 Å². The molecule has 0 bridgehead atoms. The fraction of sp³-hybridized carbons (Fsp3) is 0. The summed E-state index contributed by atoms with van der Waals surface area (Å²) in [5.41, 5.74) is -0.602. The molecule has 0 spiro atoms. The van der Waals surface area contributed by atoms with Gasteiger partial charge in [0.2, 0.25) is 0 Å². The van der Waals surface area contributed by atoms with Gasteiger partial charge in [-0.1, -0.05) is 0 Å². The van der Waals surface area contributed by atoms with Crippen molar-refractivity contribution in [2.75, 3.05) is 0 Å². The van der Waals surface area contributed by atoms with Crippen molar-refractivity contribution in [3.63, 3.8) is 0 Å². The summed E-state index contributed by atoms with van der Waals surface area (Å²) >= 11 is 0. The number of allylic oxidation sites excluding steroid dienone is 6. The Hall–Kier alpha value is -2.10. The maximum atomic E-state index is 11.2. The smallest absolute Gasteiger partial charge is 0.190 e. The van der Waals surface area contributed by atoms with Crippen LogP contribution < -0.4 is 0 Å². The molecule has 0 aromatic heterocycles. The number of hydrogen-bond acceptors (Lipinski definition) is 4. The van der Waals surface area contributed by atoms with Crippen LogP contribution in [0, 0.1) is 0 Å². The van der Waals surface area contributed by atoms with Crippen LogP contribution in [0.1, 0.15) is 0 Å². The van der Waals surface area contributed by atoms with Gasteiger partial charge in [-0.2, -0.15) is 0 Å². The molecule has 2 aliphatic carbocycles. The van der Waals surface area contributed by atoms with Crippen LogP contribution in [0.4, 0.5) is 0 Å². The molecule has 0 radical (unpaired) electrons. The molecule has 68 valence electrons. The van der Waals surface area contributed by atoms with Crippen molar-refractivity contribution >= 4 is 23.1 Å². The molecule has 0 aliphatic heterocycles. The second-order valence-electron chi connectivity index (χ2n) is 2.87. The highest BCUT2D eigenvalue weighted by molar-refractivity contribution is 6.44. The summed E-state index contributed by atoms with van der Waals surface area (Å²) in [5, 5.41) is 0. The zero-order valence-electron chi connectivity index (χ0n) is 6.94. The molecule has 4 heteroatoms. The summed E-state index contributed by atoms with van der Waals surface area (Å²) in [6.07, 6.45) is 4.24. The Bertz CT molecular complexity index is 390. The molecule has 0 aromatic rings. The fourth-order valence-electron chi connectivity index (χ4n) is 1.37. The third kappa shape index (κ3) is 1.01. The first-order valence-corrected chi connectivity index (χ1v) is 3.89. The van der Waals surface area contributed by atoms with E-state index in [4.69, 9.17) is 0 Å². The van der Waals surface area contributed by atoms with E-state index in [-0.39, 0.29) is 11.1 Å². The average molecular weight is 188 g/mol. The van der Waals surface area contributed by atoms with Gasteiger partial charge in [0, 0.05) is 0 Å².